The zero-order valence-corrected chi connectivity index (χ0v) is 21.1. The summed E-state index contributed by atoms with van der Waals surface area (Å²) in [6.45, 7) is 6.86. The van der Waals surface area contributed by atoms with Crippen molar-refractivity contribution in [3.63, 3.8) is 0 Å². The molecule has 186 valence electrons. The number of nitrogens with one attached hydrogen (secondary N) is 3. The van der Waals surface area contributed by atoms with E-state index in [0.29, 0.717) is 24.0 Å². The highest BCUT2D eigenvalue weighted by atomic mass is 32.2. The van der Waals surface area contributed by atoms with Gasteiger partial charge in [0.1, 0.15) is 6.04 Å². The highest BCUT2D eigenvalue weighted by molar-refractivity contribution is 7.89. The van der Waals surface area contributed by atoms with E-state index in [1.54, 1.807) is 22.5 Å². The van der Waals surface area contributed by atoms with Gasteiger partial charge in [-0.2, -0.15) is 4.31 Å². The van der Waals surface area contributed by atoms with Crippen molar-refractivity contribution < 1.29 is 13.2 Å². The second kappa shape index (κ2) is 9.64. The minimum absolute atomic E-state index is 0.127. The number of carbonyl (C=O) groups excluding carboxylic acids is 1. The Morgan fingerprint density at radius 2 is 1.83 bits per heavy atom. The summed E-state index contributed by atoms with van der Waals surface area (Å²) in [5.74, 6) is -0.127. The first kappa shape index (κ1) is 23.8. The molecule has 2 aliphatic rings. The summed E-state index contributed by atoms with van der Waals surface area (Å²) in [7, 11) is -3.50. The number of hydrogen-bond donors (Lipinski definition) is 3. The highest BCUT2D eigenvalue weighted by Crippen LogP contribution is 2.28. The summed E-state index contributed by atoms with van der Waals surface area (Å²) in [5.41, 5.74) is 3.59. The van der Waals surface area contributed by atoms with E-state index in [2.05, 4.69) is 16.0 Å². The van der Waals surface area contributed by atoms with E-state index >= 15 is 0 Å². The largest absolute Gasteiger partial charge is 0.380 e. The molecule has 0 spiro atoms. The lowest BCUT2D eigenvalue weighted by atomic mass is 10.1. The molecule has 8 nitrogen and oxygen atoms in total. The molecule has 1 atom stereocenters. The lowest BCUT2D eigenvalue weighted by molar-refractivity contribution is -0.118. The Balaban J connectivity index is 1.34. The highest BCUT2D eigenvalue weighted by Gasteiger charge is 2.27. The molecule has 1 aromatic heterocycles. The Morgan fingerprint density at radius 1 is 1.06 bits per heavy atom. The van der Waals surface area contributed by atoms with Crippen LogP contribution in [0.2, 0.25) is 0 Å². The van der Waals surface area contributed by atoms with Crippen LogP contribution in [0.3, 0.4) is 0 Å². The van der Waals surface area contributed by atoms with Crippen LogP contribution in [0.1, 0.15) is 37.8 Å². The fraction of sp³-hybridized carbons (Fsp3) is 0.423. The van der Waals surface area contributed by atoms with Gasteiger partial charge in [0.25, 0.3) is 0 Å². The Hall–Kier alpha value is -2.88. The molecule has 1 unspecified atom stereocenters. The quantitative estimate of drug-likeness (QED) is 0.465. The lowest BCUT2D eigenvalue weighted by Gasteiger charge is -2.29. The summed E-state index contributed by atoms with van der Waals surface area (Å²) >= 11 is 0. The fourth-order valence-corrected chi connectivity index (χ4v) is 6.28. The van der Waals surface area contributed by atoms with Crippen LogP contribution in [0.15, 0.2) is 53.6 Å². The average molecular weight is 496 g/mol. The number of hydrogen-bond acceptors (Lipinski definition) is 5. The van der Waals surface area contributed by atoms with Gasteiger partial charge in [0.2, 0.25) is 15.9 Å². The van der Waals surface area contributed by atoms with Gasteiger partial charge in [0.15, 0.2) is 0 Å². The SMILES string of the molecule is Cc1ccc(NC2CNC2)cc1NC(=O)C(C)n1ccc2cc(S(=O)(=O)N3CCCCC3)ccc21. The molecule has 3 heterocycles. The van der Waals surface area contributed by atoms with Crippen molar-refractivity contribution in [2.24, 2.45) is 0 Å². The zero-order chi connectivity index (χ0) is 24.6. The number of anilines is 2. The molecule has 2 saturated heterocycles. The molecule has 9 heteroatoms. The zero-order valence-electron chi connectivity index (χ0n) is 20.3. The second-order valence-corrected chi connectivity index (χ2v) is 11.5. The summed E-state index contributed by atoms with van der Waals surface area (Å²) < 4.78 is 29.6. The third-order valence-electron chi connectivity index (χ3n) is 7.09. The van der Waals surface area contributed by atoms with E-state index < -0.39 is 16.1 Å². The molecule has 5 rings (SSSR count). The Bertz CT molecular complexity index is 1340. The first-order chi connectivity index (χ1) is 16.8. The van der Waals surface area contributed by atoms with Gasteiger partial charge in [-0.1, -0.05) is 12.5 Å². The first-order valence-corrected chi connectivity index (χ1v) is 13.8. The maximum absolute atomic E-state index is 13.2. The van der Waals surface area contributed by atoms with Crippen LogP contribution in [0, 0.1) is 6.92 Å². The van der Waals surface area contributed by atoms with E-state index in [9.17, 15) is 13.2 Å². The molecule has 35 heavy (non-hydrogen) atoms. The minimum atomic E-state index is -3.50. The number of benzene rings is 2. The van der Waals surface area contributed by atoms with Crippen LogP contribution in [0.5, 0.6) is 0 Å². The molecule has 0 bridgehead atoms. The summed E-state index contributed by atoms with van der Waals surface area (Å²) in [6.07, 6.45) is 4.73. The van der Waals surface area contributed by atoms with Crippen LogP contribution in [-0.2, 0) is 14.8 Å². The molecular weight excluding hydrogens is 462 g/mol. The molecule has 2 aliphatic heterocycles. The van der Waals surface area contributed by atoms with Gasteiger partial charge >= 0.3 is 0 Å². The van der Waals surface area contributed by atoms with Gasteiger partial charge in [0.05, 0.1) is 10.9 Å². The molecule has 2 fully saturated rings. The molecule has 1 amide bonds. The van der Waals surface area contributed by atoms with Crippen molar-refractivity contribution in [2.45, 2.75) is 50.1 Å². The third-order valence-corrected chi connectivity index (χ3v) is 8.98. The molecule has 3 N–H and O–H groups in total. The van der Waals surface area contributed by atoms with Gasteiger partial charge in [0, 0.05) is 54.7 Å². The van der Waals surface area contributed by atoms with E-state index in [4.69, 9.17) is 0 Å². The predicted molar refractivity (Wildman–Crippen MR) is 139 cm³/mol. The van der Waals surface area contributed by atoms with Gasteiger partial charge < -0.3 is 20.5 Å². The molecule has 0 radical (unpaired) electrons. The molecule has 3 aromatic rings. The van der Waals surface area contributed by atoms with E-state index in [-0.39, 0.29) is 5.91 Å². The Kier molecular flexibility index (Phi) is 6.57. The first-order valence-electron chi connectivity index (χ1n) is 12.3. The third kappa shape index (κ3) is 4.80. The maximum Gasteiger partial charge on any atom is 0.247 e. The number of piperidine rings is 1. The number of sulfonamides is 1. The number of fused-ring (bicyclic) bond motifs is 1. The summed E-state index contributed by atoms with van der Waals surface area (Å²) in [6, 6.07) is 13.0. The monoisotopic (exact) mass is 495 g/mol. The van der Waals surface area contributed by atoms with Gasteiger partial charge in [-0.3, -0.25) is 4.79 Å². The number of amides is 1. The summed E-state index contributed by atoms with van der Waals surface area (Å²) in [5, 5.41) is 10.6. The number of nitrogens with zero attached hydrogens (tertiary/aromatic N) is 2. The Labute approximate surface area is 206 Å². The number of aromatic nitrogens is 1. The van der Waals surface area contributed by atoms with Crippen molar-refractivity contribution in [1.82, 2.24) is 14.2 Å². The maximum atomic E-state index is 13.2. The number of rotatable bonds is 7. The van der Waals surface area contributed by atoms with Gasteiger partial charge in [-0.15, -0.1) is 0 Å². The smallest absolute Gasteiger partial charge is 0.247 e. The second-order valence-electron chi connectivity index (χ2n) is 9.60. The minimum Gasteiger partial charge on any atom is -0.380 e. The standard InChI is InChI=1S/C26H33N5O3S/c1-18-6-7-21(28-22-16-27-17-22)15-24(18)29-26(32)19(2)31-13-10-20-14-23(8-9-25(20)31)35(33,34)30-11-4-3-5-12-30/h6-10,13-15,19,22,27-28H,3-5,11-12,16-17H2,1-2H3,(H,29,32). The van der Waals surface area contributed by atoms with Gasteiger partial charge in [-0.25, -0.2) is 8.42 Å². The van der Waals surface area contributed by atoms with Crippen LogP contribution < -0.4 is 16.0 Å². The average Bonchev–Trinajstić information content (AvgIpc) is 3.26. The van der Waals surface area contributed by atoms with Crippen molar-refractivity contribution in [2.75, 3.05) is 36.8 Å². The summed E-state index contributed by atoms with van der Waals surface area (Å²) in [4.78, 5) is 13.5. The van der Waals surface area contributed by atoms with Crippen molar-refractivity contribution in [3.05, 3.63) is 54.2 Å². The molecule has 0 saturated carbocycles. The molecular formula is C26H33N5O3S. The lowest BCUT2D eigenvalue weighted by Crippen LogP contribution is -2.51. The van der Waals surface area contributed by atoms with Gasteiger partial charge in [-0.05, 0) is 68.7 Å². The van der Waals surface area contributed by atoms with Crippen molar-refractivity contribution >= 4 is 38.2 Å². The molecule has 2 aromatic carbocycles. The molecule has 0 aliphatic carbocycles. The van der Waals surface area contributed by atoms with Crippen LogP contribution in [0.25, 0.3) is 10.9 Å². The van der Waals surface area contributed by atoms with E-state index in [1.165, 1.54) is 0 Å². The topological polar surface area (TPSA) is 95.5 Å². The van der Waals surface area contributed by atoms with Crippen molar-refractivity contribution in [3.8, 4) is 0 Å². The van der Waals surface area contributed by atoms with E-state index in [1.807, 2.05) is 48.9 Å². The normalized spacial score (nSPS) is 18.2. The number of aryl methyl sites for hydroxylation is 1. The predicted octanol–water partition coefficient (Wildman–Crippen LogP) is 3.71. The van der Waals surface area contributed by atoms with Crippen molar-refractivity contribution in [1.29, 1.82) is 0 Å². The van der Waals surface area contributed by atoms with Crippen LogP contribution in [0.4, 0.5) is 11.4 Å². The number of carbonyl (C=O) groups is 1. The Morgan fingerprint density at radius 3 is 2.54 bits per heavy atom. The van der Waals surface area contributed by atoms with Crippen LogP contribution >= 0.6 is 0 Å². The van der Waals surface area contributed by atoms with E-state index in [0.717, 1.165) is 60.2 Å². The van der Waals surface area contributed by atoms with Crippen LogP contribution in [-0.4, -0.2) is 55.4 Å². The fourth-order valence-electron chi connectivity index (χ4n) is 4.73.